The molecule has 3 aromatic rings. The number of pyridine rings is 1. The van der Waals surface area contributed by atoms with Crippen molar-refractivity contribution in [2.24, 2.45) is 4.99 Å². The van der Waals surface area contributed by atoms with Gasteiger partial charge in [0.1, 0.15) is 36.4 Å². The van der Waals surface area contributed by atoms with Gasteiger partial charge >= 0.3 is 0 Å². The van der Waals surface area contributed by atoms with Gasteiger partial charge in [-0.1, -0.05) is 0 Å². The van der Waals surface area contributed by atoms with Gasteiger partial charge in [-0.2, -0.15) is 31.6 Å². The van der Waals surface area contributed by atoms with Gasteiger partial charge in [-0.25, -0.2) is 19.9 Å². The van der Waals surface area contributed by atoms with Crippen LogP contribution in [0.15, 0.2) is 17.1 Å². The molecule has 11 nitrogen and oxygen atoms in total. The largest absolute Gasteiger partial charge is 0.288 e. The van der Waals surface area contributed by atoms with E-state index in [1.54, 1.807) is 24.3 Å². The van der Waals surface area contributed by atoms with Crippen molar-refractivity contribution in [3.05, 3.63) is 34.8 Å². The topological polar surface area (TPSA) is 218 Å². The fraction of sp³-hybridized carbons (Fsp3) is 0. The second-order valence-corrected chi connectivity index (χ2v) is 5.47. The molecule has 134 valence electrons. The predicted molar refractivity (Wildman–Crippen MR) is 99.7 cm³/mol. The predicted octanol–water partition coefficient (Wildman–Crippen LogP) is 1.80. The average molecular weight is 385 g/mol. The molecule has 0 aliphatic rings. The molecule has 0 amide bonds. The van der Waals surface area contributed by atoms with Gasteiger partial charge < -0.3 is 0 Å². The third kappa shape index (κ3) is 2.96. The average Bonchev–Trinajstić information content (AvgIpc) is 2.79. The van der Waals surface area contributed by atoms with Gasteiger partial charge in [0, 0.05) is 5.39 Å². The van der Waals surface area contributed by atoms with Crippen LogP contribution in [0.4, 0.5) is 5.69 Å². The zero-order valence-corrected chi connectivity index (χ0v) is 14.6. The first kappa shape index (κ1) is 19.0. The Bertz CT molecular complexity index is 1570. The number of nitrogens with zero attached hydrogens (tertiary/aromatic N) is 10. The maximum Gasteiger partial charge on any atom is 0.177 e. The van der Waals surface area contributed by atoms with Crippen LogP contribution in [0.3, 0.4) is 0 Å². The monoisotopic (exact) mass is 385 g/mol. The van der Waals surface area contributed by atoms with Gasteiger partial charge in [-0.15, -0.1) is 0 Å². The highest BCUT2D eigenvalue weighted by atomic mass is 14.9. The molecule has 0 unspecified atom stereocenters. The van der Waals surface area contributed by atoms with Crippen LogP contribution in [0.2, 0.25) is 0 Å². The fourth-order valence-electron chi connectivity index (χ4n) is 2.56. The Morgan fingerprint density at radius 3 is 1.97 bits per heavy atom. The maximum atomic E-state index is 9.31. The van der Waals surface area contributed by atoms with E-state index in [4.69, 9.17) is 10.7 Å². The van der Waals surface area contributed by atoms with Crippen LogP contribution in [0, 0.1) is 73.4 Å². The first-order valence-electron chi connectivity index (χ1n) is 7.79. The molecule has 30 heavy (non-hydrogen) atoms. The van der Waals surface area contributed by atoms with Crippen LogP contribution in [0.25, 0.3) is 21.9 Å². The summed E-state index contributed by atoms with van der Waals surface area (Å²) in [6.45, 7) is 0. The molecule has 2 heterocycles. The molecule has 0 aliphatic carbocycles. The van der Waals surface area contributed by atoms with Crippen LogP contribution < -0.4 is 0 Å². The molecule has 0 radical (unpaired) electrons. The van der Waals surface area contributed by atoms with Gasteiger partial charge in [0.25, 0.3) is 0 Å². The van der Waals surface area contributed by atoms with E-state index in [1.165, 1.54) is 18.2 Å². The van der Waals surface area contributed by atoms with E-state index >= 15 is 0 Å². The summed E-state index contributed by atoms with van der Waals surface area (Å²) in [6.07, 6.45) is 0. The van der Waals surface area contributed by atoms with E-state index in [0.717, 1.165) is 0 Å². The molecule has 11 heteroatoms. The number of nitriles is 6. The molecule has 0 fully saturated rings. The van der Waals surface area contributed by atoms with E-state index in [-0.39, 0.29) is 50.3 Å². The molecule has 2 aromatic heterocycles. The van der Waals surface area contributed by atoms with Crippen molar-refractivity contribution in [2.45, 2.75) is 0 Å². The van der Waals surface area contributed by atoms with Crippen LogP contribution in [0.5, 0.6) is 0 Å². The number of benzene rings is 1. The highest BCUT2D eigenvalue weighted by Gasteiger charge is 2.18. The van der Waals surface area contributed by atoms with E-state index < -0.39 is 11.4 Å². The highest BCUT2D eigenvalue weighted by Crippen LogP contribution is 2.33. The molecular formula is C19H3N11. The first-order chi connectivity index (χ1) is 14.5. The third-order valence-corrected chi connectivity index (χ3v) is 3.84. The lowest BCUT2D eigenvalue weighted by molar-refractivity contribution is 1.20. The number of rotatable bonds is 2. The summed E-state index contributed by atoms with van der Waals surface area (Å²) >= 11 is 0. The normalized spacial score (nSPS) is 10.1. The van der Waals surface area contributed by atoms with Crippen LogP contribution >= 0.6 is 0 Å². The minimum absolute atomic E-state index is 0.0297. The second-order valence-electron chi connectivity index (χ2n) is 5.47. The van der Waals surface area contributed by atoms with Gasteiger partial charge in [-0.3, -0.25) is 5.41 Å². The maximum absolute atomic E-state index is 9.31. The smallest absolute Gasteiger partial charge is 0.177 e. The fourth-order valence-corrected chi connectivity index (χ4v) is 2.56. The second kappa shape index (κ2) is 7.47. The molecule has 0 saturated heterocycles. The molecule has 0 aliphatic heterocycles. The molecule has 0 atom stereocenters. The Morgan fingerprint density at radius 2 is 1.40 bits per heavy atom. The number of hydrogen-bond acceptors (Lipinski definition) is 11. The van der Waals surface area contributed by atoms with Crippen LogP contribution in [-0.2, 0) is 0 Å². The zero-order chi connectivity index (χ0) is 21.8. The van der Waals surface area contributed by atoms with E-state index in [1.807, 2.05) is 6.07 Å². The first-order valence-corrected chi connectivity index (χ1v) is 7.79. The molecule has 1 N–H and O–H groups in total. The van der Waals surface area contributed by atoms with Crippen molar-refractivity contribution in [1.82, 2.24) is 15.0 Å². The van der Waals surface area contributed by atoms with Gasteiger partial charge in [0.05, 0.1) is 27.8 Å². The molecule has 0 spiro atoms. The molecule has 1 aromatic carbocycles. The van der Waals surface area contributed by atoms with Crippen LogP contribution in [-0.4, -0.2) is 26.4 Å². The Balaban J connectivity index is 2.59. The van der Waals surface area contributed by atoms with Crippen molar-refractivity contribution < 1.29 is 0 Å². The summed E-state index contributed by atoms with van der Waals surface area (Å²) in [5.74, 6) is 0. The number of aliphatic imine (C=N–C) groups is 1. The lowest BCUT2D eigenvalue weighted by Crippen LogP contribution is -2.07. The lowest BCUT2D eigenvalue weighted by atomic mass is 10.1. The van der Waals surface area contributed by atoms with Gasteiger partial charge in [0.15, 0.2) is 28.5 Å². The summed E-state index contributed by atoms with van der Waals surface area (Å²) in [5.41, 5.74) is -1.72. The number of fused-ring (bicyclic) bond motifs is 3. The minimum atomic E-state index is -0.691. The van der Waals surface area contributed by atoms with E-state index in [9.17, 15) is 26.3 Å². The minimum Gasteiger partial charge on any atom is -0.288 e. The third-order valence-electron chi connectivity index (χ3n) is 3.84. The molecule has 3 rings (SSSR count). The summed E-state index contributed by atoms with van der Waals surface area (Å²) in [5, 5.41) is 62.9. The summed E-state index contributed by atoms with van der Waals surface area (Å²) < 4.78 is 0. The SMILES string of the molecule is N#CC(=N)C(C#N)=Nc1cc2nc(C#N)c(C#N)nc2c2cc(C#N)c(C#N)nc12. The number of hydrogen-bond donors (Lipinski definition) is 1. The Kier molecular flexibility index (Phi) is 4.74. The van der Waals surface area contributed by atoms with Crippen molar-refractivity contribution >= 4 is 39.0 Å². The van der Waals surface area contributed by atoms with Crippen LogP contribution in [0.1, 0.15) is 22.6 Å². The van der Waals surface area contributed by atoms with Crippen molar-refractivity contribution in [1.29, 1.82) is 37.0 Å². The van der Waals surface area contributed by atoms with Crippen molar-refractivity contribution in [3.8, 4) is 36.4 Å². The van der Waals surface area contributed by atoms with Gasteiger partial charge in [-0.05, 0) is 12.1 Å². The van der Waals surface area contributed by atoms with Crippen molar-refractivity contribution in [3.63, 3.8) is 0 Å². The van der Waals surface area contributed by atoms with Crippen molar-refractivity contribution in [2.75, 3.05) is 0 Å². The quantitative estimate of drug-likeness (QED) is 0.501. The number of aromatic nitrogens is 3. The summed E-state index contributed by atoms with van der Waals surface area (Å²) in [4.78, 5) is 16.3. The molecule has 0 saturated carbocycles. The Hall–Kier alpha value is -5.75. The highest BCUT2D eigenvalue weighted by molar-refractivity contribution is 6.52. The van der Waals surface area contributed by atoms with E-state index in [0.29, 0.717) is 0 Å². The molecule has 0 bridgehead atoms. The summed E-state index contributed by atoms with van der Waals surface area (Å²) in [7, 11) is 0. The number of nitrogens with one attached hydrogen (secondary N) is 1. The lowest BCUT2D eigenvalue weighted by Gasteiger charge is -2.08. The zero-order valence-electron chi connectivity index (χ0n) is 14.6. The van der Waals surface area contributed by atoms with Gasteiger partial charge in [0.2, 0.25) is 0 Å². The van der Waals surface area contributed by atoms with E-state index in [2.05, 4.69) is 19.9 Å². The Morgan fingerprint density at radius 1 is 0.767 bits per heavy atom. The Labute approximate surface area is 167 Å². The molecular weight excluding hydrogens is 382 g/mol. The standard InChI is InChI=1S/C19H3N11/c20-3-9-1-10-18(29-14(9)5-22)12(27-15(6-23)11(26)4-21)2-13-19(10)30-17(8-25)16(7-24)28-13/h1-2,26H. The summed E-state index contributed by atoms with van der Waals surface area (Å²) in [6, 6.07) is 12.9.